The van der Waals surface area contributed by atoms with E-state index in [0.29, 0.717) is 24.6 Å². The molecule has 7 heteroatoms. The van der Waals surface area contributed by atoms with Gasteiger partial charge in [0.1, 0.15) is 0 Å². The van der Waals surface area contributed by atoms with E-state index in [1.54, 1.807) is 6.07 Å². The van der Waals surface area contributed by atoms with Crippen LogP contribution >= 0.6 is 0 Å². The number of hydrogen-bond acceptors (Lipinski definition) is 5. The standard InChI is InChI=1S/C14H20N4O3/c15-7-10-2-1-5-17(8-10)9-12-4-3-11(14(16)19)6-13(12)18(20)21/h3-4,6,10H,1-2,5,7-9,15H2,(H2,16,19). The maximum atomic E-state index is 11.2. The third-order valence-electron chi connectivity index (χ3n) is 3.90. The van der Waals surface area contributed by atoms with Gasteiger partial charge in [-0.2, -0.15) is 0 Å². The van der Waals surface area contributed by atoms with Crippen LogP contribution in [0.4, 0.5) is 5.69 Å². The molecule has 114 valence electrons. The molecule has 1 aromatic rings. The number of likely N-dealkylation sites (tertiary alicyclic amines) is 1. The van der Waals surface area contributed by atoms with E-state index in [2.05, 4.69) is 4.90 Å². The zero-order valence-electron chi connectivity index (χ0n) is 11.8. The highest BCUT2D eigenvalue weighted by Gasteiger charge is 2.22. The topological polar surface area (TPSA) is 115 Å². The molecule has 1 unspecified atom stereocenters. The van der Waals surface area contributed by atoms with Gasteiger partial charge in [0, 0.05) is 30.3 Å². The normalized spacial score (nSPS) is 19.4. The maximum Gasteiger partial charge on any atom is 0.274 e. The van der Waals surface area contributed by atoms with E-state index in [-0.39, 0.29) is 11.3 Å². The van der Waals surface area contributed by atoms with Crippen molar-refractivity contribution in [2.45, 2.75) is 19.4 Å². The number of piperidine rings is 1. The van der Waals surface area contributed by atoms with Crippen molar-refractivity contribution in [3.05, 3.63) is 39.4 Å². The van der Waals surface area contributed by atoms with Crippen LogP contribution in [0.25, 0.3) is 0 Å². The molecule has 1 atom stereocenters. The summed E-state index contributed by atoms with van der Waals surface area (Å²) in [6.45, 7) is 2.89. The molecule has 0 aromatic heterocycles. The first kappa shape index (κ1) is 15.4. The third-order valence-corrected chi connectivity index (χ3v) is 3.90. The molecule has 4 N–H and O–H groups in total. The minimum Gasteiger partial charge on any atom is -0.366 e. The Morgan fingerprint density at radius 3 is 2.86 bits per heavy atom. The molecule has 1 aliphatic rings. The number of nitro benzene ring substituents is 1. The average Bonchev–Trinajstić information content (AvgIpc) is 2.47. The monoisotopic (exact) mass is 292 g/mol. The zero-order chi connectivity index (χ0) is 15.4. The smallest absolute Gasteiger partial charge is 0.274 e. The highest BCUT2D eigenvalue weighted by molar-refractivity contribution is 5.93. The Morgan fingerprint density at radius 2 is 2.24 bits per heavy atom. The van der Waals surface area contributed by atoms with E-state index in [1.165, 1.54) is 12.1 Å². The van der Waals surface area contributed by atoms with Crippen LogP contribution in [0.5, 0.6) is 0 Å². The van der Waals surface area contributed by atoms with Gasteiger partial charge < -0.3 is 11.5 Å². The van der Waals surface area contributed by atoms with Crippen LogP contribution in [0.15, 0.2) is 18.2 Å². The van der Waals surface area contributed by atoms with Gasteiger partial charge in [-0.3, -0.25) is 19.8 Å². The fourth-order valence-corrected chi connectivity index (χ4v) is 2.75. The fourth-order valence-electron chi connectivity index (χ4n) is 2.75. The Morgan fingerprint density at radius 1 is 1.48 bits per heavy atom. The summed E-state index contributed by atoms with van der Waals surface area (Å²) in [6, 6.07) is 4.40. The molecule has 1 fully saturated rings. The van der Waals surface area contributed by atoms with Crippen LogP contribution in [-0.4, -0.2) is 35.4 Å². The molecule has 2 rings (SSSR count). The van der Waals surface area contributed by atoms with Gasteiger partial charge in [-0.05, 0) is 37.9 Å². The number of nitro groups is 1. The second-order valence-electron chi connectivity index (χ2n) is 5.44. The maximum absolute atomic E-state index is 11.2. The van der Waals surface area contributed by atoms with Gasteiger partial charge in [0.2, 0.25) is 5.91 Å². The fraction of sp³-hybridized carbons (Fsp3) is 0.500. The van der Waals surface area contributed by atoms with Gasteiger partial charge in [0.25, 0.3) is 5.69 Å². The second kappa shape index (κ2) is 6.64. The van der Waals surface area contributed by atoms with Crippen molar-refractivity contribution in [1.82, 2.24) is 4.90 Å². The van der Waals surface area contributed by atoms with Crippen molar-refractivity contribution < 1.29 is 9.72 Å². The van der Waals surface area contributed by atoms with Gasteiger partial charge in [-0.15, -0.1) is 0 Å². The molecule has 1 saturated heterocycles. The van der Waals surface area contributed by atoms with E-state index in [0.717, 1.165) is 25.9 Å². The van der Waals surface area contributed by atoms with E-state index in [4.69, 9.17) is 11.5 Å². The number of amides is 1. The lowest BCUT2D eigenvalue weighted by molar-refractivity contribution is -0.385. The van der Waals surface area contributed by atoms with Crippen molar-refractivity contribution in [1.29, 1.82) is 0 Å². The first-order valence-corrected chi connectivity index (χ1v) is 7.00. The summed E-state index contributed by atoms with van der Waals surface area (Å²) in [6.07, 6.45) is 2.16. The molecule has 21 heavy (non-hydrogen) atoms. The van der Waals surface area contributed by atoms with Crippen LogP contribution in [-0.2, 0) is 6.54 Å². The van der Waals surface area contributed by atoms with Gasteiger partial charge in [0.15, 0.2) is 0 Å². The molecule has 1 amide bonds. The minimum atomic E-state index is -0.661. The lowest BCUT2D eigenvalue weighted by Gasteiger charge is -2.31. The summed E-state index contributed by atoms with van der Waals surface area (Å²) in [5.41, 5.74) is 11.6. The van der Waals surface area contributed by atoms with Crippen molar-refractivity contribution in [3.8, 4) is 0 Å². The predicted octanol–water partition coefficient (Wildman–Crippen LogP) is 0.864. The number of hydrogen-bond donors (Lipinski definition) is 2. The molecular weight excluding hydrogens is 272 g/mol. The van der Waals surface area contributed by atoms with Crippen LogP contribution in [0.1, 0.15) is 28.8 Å². The number of benzene rings is 1. The first-order chi connectivity index (χ1) is 10.0. The summed E-state index contributed by atoms with van der Waals surface area (Å²) in [4.78, 5) is 24.0. The predicted molar refractivity (Wildman–Crippen MR) is 78.7 cm³/mol. The van der Waals surface area contributed by atoms with Crippen molar-refractivity contribution in [3.63, 3.8) is 0 Å². The van der Waals surface area contributed by atoms with Crippen LogP contribution in [0, 0.1) is 16.0 Å². The number of rotatable bonds is 5. The zero-order valence-corrected chi connectivity index (χ0v) is 11.8. The van der Waals surface area contributed by atoms with Crippen LogP contribution < -0.4 is 11.5 Å². The first-order valence-electron chi connectivity index (χ1n) is 7.00. The molecule has 0 spiro atoms. The summed E-state index contributed by atoms with van der Waals surface area (Å²) in [7, 11) is 0. The van der Waals surface area contributed by atoms with Crippen LogP contribution in [0.2, 0.25) is 0 Å². The summed E-state index contributed by atoms with van der Waals surface area (Å²) in [5.74, 6) is -0.214. The van der Waals surface area contributed by atoms with Gasteiger partial charge in [0.05, 0.1) is 4.92 Å². The summed E-state index contributed by atoms with van der Waals surface area (Å²) >= 11 is 0. The molecule has 0 radical (unpaired) electrons. The summed E-state index contributed by atoms with van der Waals surface area (Å²) in [5, 5.41) is 11.2. The van der Waals surface area contributed by atoms with Gasteiger partial charge in [-0.1, -0.05) is 6.07 Å². The van der Waals surface area contributed by atoms with Crippen molar-refractivity contribution in [2.24, 2.45) is 17.4 Å². The highest BCUT2D eigenvalue weighted by Crippen LogP contribution is 2.24. The van der Waals surface area contributed by atoms with E-state index >= 15 is 0 Å². The van der Waals surface area contributed by atoms with E-state index in [9.17, 15) is 14.9 Å². The molecule has 1 aromatic carbocycles. The van der Waals surface area contributed by atoms with Crippen LogP contribution in [0.3, 0.4) is 0 Å². The largest absolute Gasteiger partial charge is 0.366 e. The quantitative estimate of drug-likeness (QED) is 0.617. The third kappa shape index (κ3) is 3.77. The minimum absolute atomic E-state index is 0.0545. The Labute approximate surface area is 123 Å². The van der Waals surface area contributed by atoms with Gasteiger partial charge >= 0.3 is 0 Å². The Kier molecular flexibility index (Phi) is 4.87. The molecule has 0 bridgehead atoms. The molecule has 0 aliphatic carbocycles. The highest BCUT2D eigenvalue weighted by atomic mass is 16.6. The molecule has 1 aliphatic heterocycles. The molecule has 1 heterocycles. The Balaban J connectivity index is 2.19. The lowest BCUT2D eigenvalue weighted by Crippen LogP contribution is -2.37. The number of nitrogens with two attached hydrogens (primary N) is 2. The molecule has 0 saturated carbocycles. The number of primary amides is 1. The number of nitrogens with zero attached hydrogens (tertiary/aromatic N) is 2. The lowest BCUT2D eigenvalue weighted by atomic mass is 9.97. The average molecular weight is 292 g/mol. The molecular formula is C14H20N4O3. The van der Waals surface area contributed by atoms with E-state index in [1.807, 2.05) is 0 Å². The number of carbonyl (C=O) groups is 1. The Bertz CT molecular complexity index is 547. The summed E-state index contributed by atoms with van der Waals surface area (Å²) < 4.78 is 0. The van der Waals surface area contributed by atoms with E-state index < -0.39 is 10.8 Å². The van der Waals surface area contributed by atoms with Crippen molar-refractivity contribution in [2.75, 3.05) is 19.6 Å². The van der Waals surface area contributed by atoms with Gasteiger partial charge in [-0.25, -0.2) is 0 Å². The number of carbonyl (C=O) groups excluding carboxylic acids is 1. The molecule has 7 nitrogen and oxygen atoms in total. The SMILES string of the molecule is NCC1CCCN(Cc2ccc(C(N)=O)cc2[N+](=O)[O-])C1. The Hall–Kier alpha value is -1.99. The van der Waals surface area contributed by atoms with Crippen molar-refractivity contribution >= 4 is 11.6 Å². The second-order valence-corrected chi connectivity index (χ2v) is 5.44.